The molecule has 3 N–H and O–H groups in total. The van der Waals surface area contributed by atoms with E-state index in [1.54, 1.807) is 0 Å². The van der Waals surface area contributed by atoms with E-state index in [9.17, 15) is 9.59 Å². The molecule has 1 aromatic carbocycles. The highest BCUT2D eigenvalue weighted by Crippen LogP contribution is 2.29. The predicted octanol–water partition coefficient (Wildman–Crippen LogP) is 2.26. The highest BCUT2D eigenvalue weighted by atomic mass is 16.1. The molecule has 2 amide bonds. The first-order chi connectivity index (χ1) is 10.6. The van der Waals surface area contributed by atoms with E-state index in [0.29, 0.717) is 18.5 Å². The molecule has 2 rings (SSSR count). The maximum absolute atomic E-state index is 11.9. The first-order valence-corrected chi connectivity index (χ1v) is 7.62. The Bertz CT molecular complexity index is 615. The van der Waals surface area contributed by atoms with Crippen LogP contribution >= 0.6 is 0 Å². The minimum absolute atomic E-state index is 0.0172. The Hall–Kier alpha value is -2.36. The number of nitrogens with two attached hydrogens (primary N) is 1. The Labute approximate surface area is 131 Å². The minimum atomic E-state index is -0.361. The molecule has 22 heavy (non-hydrogen) atoms. The predicted molar refractivity (Wildman–Crippen MR) is 87.0 cm³/mol. The summed E-state index contributed by atoms with van der Waals surface area (Å²) in [4.78, 5) is 23.2. The lowest BCUT2D eigenvalue weighted by Crippen LogP contribution is -2.26. The van der Waals surface area contributed by atoms with Crippen LogP contribution in [0.2, 0.25) is 0 Å². The van der Waals surface area contributed by atoms with Gasteiger partial charge in [-0.15, -0.1) is 0 Å². The normalized spacial score (nSPS) is 14.0. The largest absolute Gasteiger partial charge is 0.366 e. The maximum atomic E-state index is 11.9. The third-order valence-corrected chi connectivity index (χ3v) is 3.84. The summed E-state index contributed by atoms with van der Waals surface area (Å²) in [6, 6.07) is 9.67. The molecule has 0 saturated carbocycles. The molecule has 0 radical (unpaired) electrons. The minimum Gasteiger partial charge on any atom is -0.366 e. The van der Waals surface area contributed by atoms with Gasteiger partial charge < -0.3 is 11.1 Å². The van der Waals surface area contributed by atoms with Gasteiger partial charge in [0.25, 0.3) is 0 Å². The molecule has 4 heteroatoms. The van der Waals surface area contributed by atoms with Crippen LogP contribution in [0.25, 0.3) is 0 Å². The molecule has 1 aromatic rings. The number of nitrogens with one attached hydrogen (secondary N) is 1. The van der Waals surface area contributed by atoms with Crippen LogP contribution < -0.4 is 11.1 Å². The van der Waals surface area contributed by atoms with Gasteiger partial charge in [-0.1, -0.05) is 48.4 Å². The fraction of sp³-hybridized carbons (Fsp3) is 0.333. The van der Waals surface area contributed by atoms with Crippen molar-refractivity contribution in [2.45, 2.75) is 32.6 Å². The molecule has 0 aromatic heterocycles. The third kappa shape index (κ3) is 4.32. The molecule has 116 valence electrons. The molecule has 0 bridgehead atoms. The van der Waals surface area contributed by atoms with Crippen LogP contribution in [-0.4, -0.2) is 18.4 Å². The molecule has 1 aliphatic carbocycles. The third-order valence-electron chi connectivity index (χ3n) is 3.84. The molecule has 0 aliphatic heterocycles. The average Bonchev–Trinajstić information content (AvgIpc) is 2.92. The van der Waals surface area contributed by atoms with Gasteiger partial charge in [0.2, 0.25) is 11.8 Å². The number of benzene rings is 1. The highest BCUT2D eigenvalue weighted by Gasteiger charge is 2.18. The van der Waals surface area contributed by atoms with Crippen LogP contribution in [0.1, 0.15) is 31.7 Å². The first kappa shape index (κ1) is 16.0. The van der Waals surface area contributed by atoms with Gasteiger partial charge in [-0.25, -0.2) is 0 Å². The lowest BCUT2D eigenvalue weighted by Gasteiger charge is -2.07. The molecule has 0 saturated heterocycles. The summed E-state index contributed by atoms with van der Waals surface area (Å²) < 4.78 is 0. The summed E-state index contributed by atoms with van der Waals surface area (Å²) in [5.41, 5.74) is 9.28. The number of amides is 2. The number of carbonyl (C=O) groups is 2. The second kappa shape index (κ2) is 7.59. The molecule has 0 spiro atoms. The second-order valence-corrected chi connectivity index (χ2v) is 5.48. The summed E-state index contributed by atoms with van der Waals surface area (Å²) in [5, 5.41) is 2.92. The Morgan fingerprint density at radius 2 is 1.95 bits per heavy atom. The van der Waals surface area contributed by atoms with E-state index in [4.69, 9.17) is 5.73 Å². The van der Waals surface area contributed by atoms with Crippen LogP contribution in [0.15, 0.2) is 53.1 Å². The average molecular weight is 298 g/mol. The smallest absolute Gasteiger partial charge is 0.248 e. The molecule has 0 fully saturated rings. The van der Waals surface area contributed by atoms with E-state index in [2.05, 4.69) is 5.32 Å². The zero-order valence-electron chi connectivity index (χ0n) is 12.9. The lowest BCUT2D eigenvalue weighted by molar-refractivity contribution is -0.120. The van der Waals surface area contributed by atoms with Gasteiger partial charge in [-0.3, -0.25) is 9.59 Å². The quantitative estimate of drug-likeness (QED) is 0.810. The van der Waals surface area contributed by atoms with E-state index in [1.165, 1.54) is 0 Å². The zero-order valence-corrected chi connectivity index (χ0v) is 12.9. The summed E-state index contributed by atoms with van der Waals surface area (Å²) in [6.45, 7) is 2.61. The summed E-state index contributed by atoms with van der Waals surface area (Å²) in [6.07, 6.45) is 4.65. The Balaban J connectivity index is 1.77. The number of primary amides is 1. The number of hydrogen-bond donors (Lipinski definition) is 2. The topological polar surface area (TPSA) is 72.2 Å². The monoisotopic (exact) mass is 298 g/mol. The van der Waals surface area contributed by atoms with Gasteiger partial charge in [-0.05, 0) is 30.9 Å². The van der Waals surface area contributed by atoms with Gasteiger partial charge >= 0.3 is 0 Å². The fourth-order valence-electron chi connectivity index (χ4n) is 2.65. The first-order valence-electron chi connectivity index (χ1n) is 7.62. The number of hydrogen-bond acceptors (Lipinski definition) is 2. The van der Waals surface area contributed by atoms with E-state index in [-0.39, 0.29) is 11.8 Å². The van der Waals surface area contributed by atoms with Crippen LogP contribution in [0, 0.1) is 0 Å². The van der Waals surface area contributed by atoms with Gasteiger partial charge in [0, 0.05) is 12.1 Å². The number of allylic oxidation sites excluding steroid dienone is 1. The van der Waals surface area contributed by atoms with E-state index in [1.807, 2.05) is 43.3 Å². The van der Waals surface area contributed by atoms with Crippen molar-refractivity contribution in [2.24, 2.45) is 5.73 Å². The van der Waals surface area contributed by atoms with Crippen molar-refractivity contribution < 1.29 is 9.59 Å². The summed E-state index contributed by atoms with van der Waals surface area (Å²) in [7, 11) is 0. The van der Waals surface area contributed by atoms with Crippen molar-refractivity contribution in [1.29, 1.82) is 0 Å². The van der Waals surface area contributed by atoms with Crippen molar-refractivity contribution >= 4 is 11.8 Å². The van der Waals surface area contributed by atoms with Crippen LogP contribution in [0.3, 0.4) is 0 Å². The van der Waals surface area contributed by atoms with Crippen molar-refractivity contribution in [3.8, 4) is 0 Å². The van der Waals surface area contributed by atoms with Crippen molar-refractivity contribution in [3.63, 3.8) is 0 Å². The summed E-state index contributed by atoms with van der Waals surface area (Å²) >= 11 is 0. The van der Waals surface area contributed by atoms with Crippen LogP contribution in [-0.2, 0) is 16.0 Å². The molecular formula is C18H22N2O2. The van der Waals surface area contributed by atoms with Crippen molar-refractivity contribution in [2.75, 3.05) is 6.54 Å². The SMILES string of the molecule is CCC1=C(C(N)=O)C=C(CCNC(=O)Cc2ccccc2)C1. The Kier molecular flexibility index (Phi) is 5.53. The van der Waals surface area contributed by atoms with E-state index < -0.39 is 0 Å². The standard InChI is InChI=1S/C18H22N2O2/c1-2-15-10-14(11-16(15)18(19)22)8-9-20-17(21)12-13-6-4-3-5-7-13/h3-7,11H,2,8-10,12H2,1H3,(H2,19,22)(H,20,21). The van der Waals surface area contributed by atoms with Crippen molar-refractivity contribution in [1.82, 2.24) is 5.32 Å². The molecule has 1 aliphatic rings. The number of rotatable bonds is 7. The highest BCUT2D eigenvalue weighted by molar-refractivity contribution is 5.96. The second-order valence-electron chi connectivity index (χ2n) is 5.48. The molecule has 4 nitrogen and oxygen atoms in total. The van der Waals surface area contributed by atoms with Crippen LogP contribution in [0.4, 0.5) is 0 Å². The van der Waals surface area contributed by atoms with Gasteiger partial charge in [0.15, 0.2) is 0 Å². The molecular weight excluding hydrogens is 276 g/mol. The molecule has 0 atom stereocenters. The Morgan fingerprint density at radius 3 is 2.55 bits per heavy atom. The van der Waals surface area contributed by atoms with Crippen molar-refractivity contribution in [3.05, 3.63) is 58.7 Å². The van der Waals surface area contributed by atoms with Gasteiger partial charge in [0.1, 0.15) is 0 Å². The van der Waals surface area contributed by atoms with Crippen LogP contribution in [0.5, 0.6) is 0 Å². The van der Waals surface area contributed by atoms with Gasteiger partial charge in [0.05, 0.1) is 6.42 Å². The zero-order chi connectivity index (χ0) is 15.9. The lowest BCUT2D eigenvalue weighted by atomic mass is 10.1. The molecule has 0 unspecified atom stereocenters. The van der Waals surface area contributed by atoms with E-state index in [0.717, 1.165) is 36.0 Å². The Morgan fingerprint density at radius 1 is 1.23 bits per heavy atom. The molecule has 0 heterocycles. The maximum Gasteiger partial charge on any atom is 0.248 e. The fourth-order valence-corrected chi connectivity index (χ4v) is 2.65. The van der Waals surface area contributed by atoms with E-state index >= 15 is 0 Å². The van der Waals surface area contributed by atoms with Gasteiger partial charge in [-0.2, -0.15) is 0 Å². The number of carbonyl (C=O) groups excluding carboxylic acids is 2. The summed E-state index contributed by atoms with van der Waals surface area (Å²) in [5.74, 6) is -0.344.